The normalized spacial score (nSPS) is 13.7. The highest BCUT2D eigenvalue weighted by atomic mass is 32.1. The maximum atomic E-state index is 14.6. The molecule has 1 saturated carbocycles. The molecule has 0 amide bonds. The SMILES string of the molecule is COC(=O)c1sc(C(=O)C2CC2)c(F)c1Oc1ccccc1. The topological polar surface area (TPSA) is 52.6 Å². The Labute approximate surface area is 130 Å². The van der Waals surface area contributed by atoms with Gasteiger partial charge in [0.05, 0.1) is 7.11 Å². The van der Waals surface area contributed by atoms with Gasteiger partial charge < -0.3 is 9.47 Å². The van der Waals surface area contributed by atoms with Gasteiger partial charge in [0.2, 0.25) is 0 Å². The maximum Gasteiger partial charge on any atom is 0.352 e. The van der Waals surface area contributed by atoms with Crippen LogP contribution in [0.1, 0.15) is 32.2 Å². The van der Waals surface area contributed by atoms with Crippen molar-refractivity contribution in [3.8, 4) is 11.5 Å². The number of Topliss-reactive ketones (excluding diaryl/α,β-unsaturated/α-hetero) is 1. The number of ketones is 1. The third-order valence-electron chi connectivity index (χ3n) is 3.31. The fourth-order valence-electron chi connectivity index (χ4n) is 2.01. The zero-order chi connectivity index (χ0) is 15.7. The second-order valence-electron chi connectivity index (χ2n) is 4.95. The van der Waals surface area contributed by atoms with Crippen molar-refractivity contribution in [1.82, 2.24) is 0 Å². The molecule has 4 nitrogen and oxygen atoms in total. The number of para-hydroxylation sites is 1. The number of halogens is 1. The molecule has 0 aliphatic heterocycles. The van der Waals surface area contributed by atoms with E-state index in [-0.39, 0.29) is 27.2 Å². The Hall–Kier alpha value is -2.21. The van der Waals surface area contributed by atoms with Crippen molar-refractivity contribution in [1.29, 1.82) is 0 Å². The molecule has 3 rings (SSSR count). The molecule has 1 aliphatic rings. The number of methoxy groups -OCH3 is 1. The number of rotatable bonds is 5. The first-order valence-corrected chi connectivity index (χ1v) is 7.61. The highest BCUT2D eigenvalue weighted by Gasteiger charge is 2.37. The Balaban J connectivity index is 2.02. The van der Waals surface area contributed by atoms with Gasteiger partial charge in [-0.1, -0.05) is 18.2 Å². The standard InChI is InChI=1S/C16H13FO4S/c1-20-16(19)15-13(21-10-5-3-2-4-6-10)11(17)14(22-15)12(18)9-7-8-9/h2-6,9H,7-8H2,1H3. The number of carbonyl (C=O) groups is 2. The first-order valence-electron chi connectivity index (χ1n) is 6.79. The fraction of sp³-hybridized carbons (Fsp3) is 0.250. The van der Waals surface area contributed by atoms with Gasteiger partial charge >= 0.3 is 5.97 Å². The lowest BCUT2D eigenvalue weighted by Crippen LogP contribution is -2.01. The summed E-state index contributed by atoms with van der Waals surface area (Å²) < 4.78 is 24.7. The summed E-state index contributed by atoms with van der Waals surface area (Å²) in [5.74, 6) is -1.77. The number of carbonyl (C=O) groups excluding carboxylic acids is 2. The van der Waals surface area contributed by atoms with Crippen LogP contribution in [0.2, 0.25) is 0 Å². The number of hydrogen-bond acceptors (Lipinski definition) is 5. The molecular weight excluding hydrogens is 307 g/mol. The van der Waals surface area contributed by atoms with Crippen LogP contribution < -0.4 is 4.74 Å². The number of esters is 1. The Kier molecular flexibility index (Phi) is 3.94. The first kappa shape index (κ1) is 14.7. The van der Waals surface area contributed by atoms with E-state index in [2.05, 4.69) is 4.74 Å². The average Bonchev–Trinajstić information content (AvgIpc) is 3.34. The van der Waals surface area contributed by atoms with Crippen molar-refractivity contribution in [2.75, 3.05) is 7.11 Å². The number of ether oxygens (including phenoxy) is 2. The molecule has 22 heavy (non-hydrogen) atoms. The van der Waals surface area contributed by atoms with Gasteiger partial charge in [0, 0.05) is 5.92 Å². The highest BCUT2D eigenvalue weighted by Crippen LogP contribution is 2.42. The zero-order valence-corrected chi connectivity index (χ0v) is 12.6. The maximum absolute atomic E-state index is 14.6. The van der Waals surface area contributed by atoms with E-state index in [1.165, 1.54) is 7.11 Å². The molecule has 0 radical (unpaired) electrons. The van der Waals surface area contributed by atoms with E-state index >= 15 is 0 Å². The molecule has 1 heterocycles. The van der Waals surface area contributed by atoms with Gasteiger partial charge in [-0.25, -0.2) is 9.18 Å². The molecule has 1 aromatic carbocycles. The van der Waals surface area contributed by atoms with Crippen LogP contribution >= 0.6 is 11.3 Å². The van der Waals surface area contributed by atoms with Gasteiger partial charge in [-0.3, -0.25) is 4.79 Å². The van der Waals surface area contributed by atoms with Crippen molar-refractivity contribution in [2.45, 2.75) is 12.8 Å². The van der Waals surface area contributed by atoms with Gasteiger partial charge in [0.15, 0.2) is 22.2 Å². The van der Waals surface area contributed by atoms with Crippen molar-refractivity contribution < 1.29 is 23.5 Å². The van der Waals surface area contributed by atoms with E-state index in [1.807, 2.05) is 0 Å². The Morgan fingerprint density at radius 3 is 2.45 bits per heavy atom. The lowest BCUT2D eigenvalue weighted by atomic mass is 10.2. The molecule has 1 fully saturated rings. The Morgan fingerprint density at radius 2 is 1.86 bits per heavy atom. The van der Waals surface area contributed by atoms with Gasteiger partial charge in [-0.05, 0) is 25.0 Å². The summed E-state index contributed by atoms with van der Waals surface area (Å²) in [4.78, 5) is 23.9. The molecule has 0 N–H and O–H groups in total. The van der Waals surface area contributed by atoms with E-state index in [0.29, 0.717) is 5.75 Å². The number of benzene rings is 1. The monoisotopic (exact) mass is 320 g/mol. The summed E-state index contributed by atoms with van der Waals surface area (Å²) in [6.45, 7) is 0. The summed E-state index contributed by atoms with van der Waals surface area (Å²) in [5, 5.41) is 0. The predicted octanol–water partition coefficient (Wildman–Crippen LogP) is 4.06. The van der Waals surface area contributed by atoms with Crippen molar-refractivity contribution in [3.63, 3.8) is 0 Å². The van der Waals surface area contributed by atoms with E-state index < -0.39 is 11.8 Å². The number of thiophene rings is 1. The Bertz CT molecular complexity index is 719. The van der Waals surface area contributed by atoms with Crippen molar-refractivity contribution in [2.24, 2.45) is 5.92 Å². The summed E-state index contributed by atoms with van der Waals surface area (Å²) in [6.07, 6.45) is 1.53. The quantitative estimate of drug-likeness (QED) is 0.616. The van der Waals surface area contributed by atoms with Crippen LogP contribution in [-0.2, 0) is 4.74 Å². The molecule has 0 spiro atoms. The van der Waals surface area contributed by atoms with Crippen molar-refractivity contribution in [3.05, 3.63) is 45.9 Å². The zero-order valence-electron chi connectivity index (χ0n) is 11.8. The molecule has 0 saturated heterocycles. The van der Waals surface area contributed by atoms with Crippen LogP contribution in [0, 0.1) is 11.7 Å². The molecule has 1 aliphatic carbocycles. The van der Waals surface area contributed by atoms with Gasteiger partial charge in [0.1, 0.15) is 10.6 Å². The predicted molar refractivity (Wildman–Crippen MR) is 79.2 cm³/mol. The lowest BCUT2D eigenvalue weighted by molar-refractivity contribution is 0.0603. The van der Waals surface area contributed by atoms with E-state index in [9.17, 15) is 14.0 Å². The van der Waals surface area contributed by atoms with Gasteiger partial charge in [-0.15, -0.1) is 11.3 Å². The molecule has 0 bridgehead atoms. The van der Waals surface area contributed by atoms with Crippen LogP contribution in [0.3, 0.4) is 0 Å². The molecule has 0 atom stereocenters. The summed E-state index contributed by atoms with van der Waals surface area (Å²) in [6, 6.07) is 8.53. The Morgan fingerprint density at radius 1 is 1.18 bits per heavy atom. The number of hydrogen-bond donors (Lipinski definition) is 0. The van der Waals surface area contributed by atoms with Crippen LogP contribution in [0.25, 0.3) is 0 Å². The molecule has 0 unspecified atom stereocenters. The third kappa shape index (κ3) is 2.74. The minimum atomic E-state index is -0.786. The summed E-state index contributed by atoms with van der Waals surface area (Å²) in [7, 11) is 1.20. The first-order chi connectivity index (χ1) is 10.6. The largest absolute Gasteiger partial charge is 0.465 e. The van der Waals surface area contributed by atoms with Crippen LogP contribution in [-0.4, -0.2) is 18.9 Å². The average molecular weight is 320 g/mol. The molecule has 2 aromatic rings. The lowest BCUT2D eigenvalue weighted by Gasteiger charge is -2.05. The van der Waals surface area contributed by atoms with Crippen LogP contribution in [0.5, 0.6) is 11.5 Å². The summed E-state index contributed by atoms with van der Waals surface area (Å²) >= 11 is 0.790. The minimum absolute atomic E-state index is 0.0344. The molecule has 6 heteroatoms. The fourth-order valence-corrected chi connectivity index (χ4v) is 3.05. The smallest absolute Gasteiger partial charge is 0.352 e. The van der Waals surface area contributed by atoms with Gasteiger partial charge in [0.25, 0.3) is 0 Å². The molecular formula is C16H13FO4S. The third-order valence-corrected chi connectivity index (χ3v) is 4.46. The van der Waals surface area contributed by atoms with Gasteiger partial charge in [-0.2, -0.15) is 0 Å². The van der Waals surface area contributed by atoms with E-state index in [4.69, 9.17) is 4.74 Å². The van der Waals surface area contributed by atoms with Crippen LogP contribution in [0.15, 0.2) is 30.3 Å². The van der Waals surface area contributed by atoms with Crippen molar-refractivity contribution >= 4 is 23.1 Å². The van der Waals surface area contributed by atoms with E-state index in [1.54, 1.807) is 30.3 Å². The second-order valence-corrected chi connectivity index (χ2v) is 5.97. The summed E-state index contributed by atoms with van der Waals surface area (Å²) in [5.41, 5.74) is 0. The molecule has 114 valence electrons. The van der Waals surface area contributed by atoms with E-state index in [0.717, 1.165) is 24.2 Å². The van der Waals surface area contributed by atoms with Crippen LogP contribution in [0.4, 0.5) is 4.39 Å². The minimum Gasteiger partial charge on any atom is -0.465 e. The molecule has 1 aromatic heterocycles. The second kappa shape index (κ2) is 5.88. The highest BCUT2D eigenvalue weighted by molar-refractivity contribution is 7.16.